The zero-order valence-electron chi connectivity index (χ0n) is 13.0. The van der Waals surface area contributed by atoms with E-state index in [1.165, 1.54) is 25.9 Å². The Bertz CT molecular complexity index is 486. The van der Waals surface area contributed by atoms with Crippen LogP contribution in [0.15, 0.2) is 18.2 Å². The number of thiocarbonyl (C=S) groups is 1. The fourth-order valence-corrected chi connectivity index (χ4v) is 2.87. The van der Waals surface area contributed by atoms with E-state index in [1.54, 1.807) is 7.11 Å². The SMILES string of the molecule is COc1ccc(C(N)=S)cc1CN(C)CCN1CCCC1. The highest BCUT2D eigenvalue weighted by Crippen LogP contribution is 2.21. The molecule has 1 aliphatic rings. The van der Waals surface area contributed by atoms with Crippen LogP contribution >= 0.6 is 12.2 Å². The monoisotopic (exact) mass is 307 g/mol. The van der Waals surface area contributed by atoms with Crippen molar-refractivity contribution < 1.29 is 4.74 Å². The van der Waals surface area contributed by atoms with E-state index in [0.717, 1.165) is 36.5 Å². The van der Waals surface area contributed by atoms with Crippen LogP contribution in [0.1, 0.15) is 24.0 Å². The molecule has 4 nitrogen and oxygen atoms in total. The highest BCUT2D eigenvalue weighted by molar-refractivity contribution is 7.80. The summed E-state index contributed by atoms with van der Waals surface area (Å²) < 4.78 is 5.44. The van der Waals surface area contributed by atoms with Gasteiger partial charge in [-0.15, -0.1) is 0 Å². The van der Waals surface area contributed by atoms with Crippen LogP contribution in [-0.4, -0.2) is 55.1 Å². The molecule has 0 unspecified atom stereocenters. The second kappa shape index (κ2) is 7.73. The van der Waals surface area contributed by atoms with Gasteiger partial charge >= 0.3 is 0 Å². The summed E-state index contributed by atoms with van der Waals surface area (Å²) in [5.41, 5.74) is 7.74. The number of hydrogen-bond donors (Lipinski definition) is 1. The van der Waals surface area contributed by atoms with Crippen LogP contribution in [0.5, 0.6) is 5.75 Å². The predicted molar refractivity (Wildman–Crippen MR) is 90.9 cm³/mol. The highest BCUT2D eigenvalue weighted by Gasteiger charge is 2.13. The van der Waals surface area contributed by atoms with Gasteiger partial charge in [-0.05, 0) is 51.2 Å². The summed E-state index contributed by atoms with van der Waals surface area (Å²) in [6.45, 7) is 5.52. The Hall–Kier alpha value is -1.17. The first kappa shape index (κ1) is 16.2. The molecule has 116 valence electrons. The third-order valence-electron chi connectivity index (χ3n) is 4.00. The normalized spacial score (nSPS) is 15.6. The number of nitrogens with zero attached hydrogens (tertiary/aromatic N) is 2. The van der Waals surface area contributed by atoms with Crippen LogP contribution in [0, 0.1) is 0 Å². The Kier molecular flexibility index (Phi) is 5.96. The van der Waals surface area contributed by atoms with E-state index in [-0.39, 0.29) is 0 Å². The fourth-order valence-electron chi connectivity index (χ4n) is 2.74. The lowest BCUT2D eigenvalue weighted by Crippen LogP contribution is -2.31. The molecule has 0 amide bonds. The lowest BCUT2D eigenvalue weighted by atomic mass is 10.1. The molecule has 5 heteroatoms. The maximum Gasteiger partial charge on any atom is 0.123 e. The molecule has 0 radical (unpaired) electrons. The van der Waals surface area contributed by atoms with E-state index in [4.69, 9.17) is 22.7 Å². The van der Waals surface area contributed by atoms with Crippen molar-refractivity contribution in [2.45, 2.75) is 19.4 Å². The molecule has 1 heterocycles. The zero-order chi connectivity index (χ0) is 15.2. The number of rotatable bonds is 7. The predicted octanol–water partition coefficient (Wildman–Crippen LogP) is 1.86. The van der Waals surface area contributed by atoms with Gasteiger partial charge in [0.05, 0.1) is 7.11 Å². The Balaban J connectivity index is 1.96. The Morgan fingerprint density at radius 3 is 2.71 bits per heavy atom. The minimum atomic E-state index is 0.429. The van der Waals surface area contributed by atoms with Gasteiger partial charge in [-0.25, -0.2) is 0 Å². The van der Waals surface area contributed by atoms with Crippen LogP contribution in [0.4, 0.5) is 0 Å². The van der Waals surface area contributed by atoms with Crippen molar-refractivity contribution in [3.63, 3.8) is 0 Å². The van der Waals surface area contributed by atoms with Crippen LogP contribution < -0.4 is 10.5 Å². The quantitative estimate of drug-likeness (QED) is 0.779. The standard InChI is InChI=1S/C16H25N3OS/c1-18(9-10-19-7-3-4-8-19)12-14-11-13(16(17)21)5-6-15(14)20-2/h5-6,11H,3-4,7-10,12H2,1-2H3,(H2,17,21). The third kappa shape index (κ3) is 4.66. The third-order valence-corrected chi connectivity index (χ3v) is 4.24. The molecular weight excluding hydrogens is 282 g/mol. The van der Waals surface area contributed by atoms with Crippen molar-refractivity contribution >= 4 is 17.2 Å². The van der Waals surface area contributed by atoms with Gasteiger partial charge in [0.1, 0.15) is 10.7 Å². The molecule has 2 N–H and O–H groups in total. The number of ether oxygens (including phenoxy) is 1. The van der Waals surface area contributed by atoms with Gasteiger partial charge in [-0.2, -0.15) is 0 Å². The summed E-state index contributed by atoms with van der Waals surface area (Å²) in [5.74, 6) is 0.892. The van der Waals surface area contributed by atoms with Gasteiger partial charge in [0.15, 0.2) is 0 Å². The summed E-state index contributed by atoms with van der Waals surface area (Å²) >= 11 is 5.06. The molecule has 2 rings (SSSR count). The van der Waals surface area contributed by atoms with E-state index in [9.17, 15) is 0 Å². The summed E-state index contributed by atoms with van der Waals surface area (Å²) in [6.07, 6.45) is 2.68. The summed E-state index contributed by atoms with van der Waals surface area (Å²) in [6, 6.07) is 5.89. The van der Waals surface area contributed by atoms with E-state index >= 15 is 0 Å². The van der Waals surface area contributed by atoms with E-state index < -0.39 is 0 Å². The van der Waals surface area contributed by atoms with Gasteiger partial charge in [0.25, 0.3) is 0 Å². The lowest BCUT2D eigenvalue weighted by molar-refractivity contribution is 0.250. The van der Waals surface area contributed by atoms with Gasteiger partial charge in [0, 0.05) is 30.8 Å². The highest BCUT2D eigenvalue weighted by atomic mass is 32.1. The van der Waals surface area contributed by atoms with Crippen LogP contribution in [0.3, 0.4) is 0 Å². The zero-order valence-corrected chi connectivity index (χ0v) is 13.8. The molecule has 21 heavy (non-hydrogen) atoms. The fraction of sp³-hybridized carbons (Fsp3) is 0.562. The molecule has 0 saturated carbocycles. The summed E-state index contributed by atoms with van der Waals surface area (Å²) in [4.78, 5) is 5.28. The van der Waals surface area contributed by atoms with E-state index in [1.807, 2.05) is 18.2 Å². The average Bonchev–Trinajstić information content (AvgIpc) is 2.98. The molecular formula is C16H25N3OS. The van der Waals surface area contributed by atoms with Gasteiger partial charge in [0.2, 0.25) is 0 Å². The summed E-state index contributed by atoms with van der Waals surface area (Å²) in [5, 5.41) is 0. The maximum atomic E-state index is 5.72. The van der Waals surface area contributed by atoms with Crippen LogP contribution in [0.2, 0.25) is 0 Å². The Morgan fingerprint density at radius 2 is 2.10 bits per heavy atom. The van der Waals surface area contributed by atoms with Crippen LogP contribution in [-0.2, 0) is 6.54 Å². The minimum absolute atomic E-state index is 0.429. The molecule has 1 fully saturated rings. The van der Waals surface area contributed by atoms with Crippen molar-refractivity contribution in [3.05, 3.63) is 29.3 Å². The molecule has 1 saturated heterocycles. The number of nitrogens with two attached hydrogens (primary N) is 1. The lowest BCUT2D eigenvalue weighted by Gasteiger charge is -2.22. The Morgan fingerprint density at radius 1 is 1.38 bits per heavy atom. The number of likely N-dealkylation sites (N-methyl/N-ethyl adjacent to an activating group) is 1. The first-order chi connectivity index (χ1) is 10.1. The van der Waals surface area contributed by atoms with Gasteiger partial charge in [-0.1, -0.05) is 12.2 Å². The summed E-state index contributed by atoms with van der Waals surface area (Å²) in [7, 11) is 3.84. The van der Waals surface area contributed by atoms with Gasteiger partial charge < -0.3 is 20.3 Å². The Labute approximate surface area is 132 Å². The number of benzene rings is 1. The number of methoxy groups -OCH3 is 1. The first-order valence-electron chi connectivity index (χ1n) is 7.48. The first-order valence-corrected chi connectivity index (χ1v) is 7.88. The van der Waals surface area contributed by atoms with Crippen molar-refractivity contribution in [2.24, 2.45) is 5.73 Å². The molecule has 0 spiro atoms. The molecule has 1 aromatic carbocycles. The largest absolute Gasteiger partial charge is 0.496 e. The topological polar surface area (TPSA) is 41.7 Å². The number of likely N-dealkylation sites (tertiary alicyclic amines) is 1. The average molecular weight is 307 g/mol. The molecule has 0 atom stereocenters. The van der Waals surface area contributed by atoms with Crippen LogP contribution in [0.25, 0.3) is 0 Å². The van der Waals surface area contributed by atoms with Crippen molar-refractivity contribution in [2.75, 3.05) is 40.3 Å². The molecule has 0 aromatic heterocycles. The number of hydrogen-bond acceptors (Lipinski definition) is 4. The second-order valence-corrected chi connectivity index (χ2v) is 6.12. The molecule has 1 aliphatic heterocycles. The second-order valence-electron chi connectivity index (χ2n) is 5.68. The smallest absolute Gasteiger partial charge is 0.123 e. The molecule has 0 aliphatic carbocycles. The van der Waals surface area contributed by atoms with Gasteiger partial charge in [-0.3, -0.25) is 0 Å². The maximum absolute atomic E-state index is 5.72. The van der Waals surface area contributed by atoms with Crippen molar-refractivity contribution in [3.8, 4) is 5.75 Å². The van der Waals surface area contributed by atoms with Crippen molar-refractivity contribution in [1.29, 1.82) is 0 Å². The van der Waals surface area contributed by atoms with Crippen molar-refractivity contribution in [1.82, 2.24) is 9.80 Å². The molecule has 0 bridgehead atoms. The molecule has 1 aromatic rings. The van der Waals surface area contributed by atoms with E-state index in [2.05, 4.69) is 16.8 Å². The van der Waals surface area contributed by atoms with E-state index in [0.29, 0.717) is 4.99 Å². The minimum Gasteiger partial charge on any atom is -0.496 e.